The first-order valence-corrected chi connectivity index (χ1v) is 8.30. The second-order valence-electron chi connectivity index (χ2n) is 6.58. The highest BCUT2D eigenvalue weighted by molar-refractivity contribution is 5.91. The molecule has 0 fully saturated rings. The molecule has 3 rings (SSSR count). The Morgan fingerprint density at radius 3 is 2.62 bits per heavy atom. The predicted molar refractivity (Wildman–Crippen MR) is 99.4 cm³/mol. The molecule has 0 saturated heterocycles. The molecule has 0 saturated carbocycles. The fourth-order valence-electron chi connectivity index (χ4n) is 2.85. The van der Waals surface area contributed by atoms with E-state index in [-0.39, 0.29) is 23.6 Å². The van der Waals surface area contributed by atoms with E-state index in [2.05, 4.69) is 24.1 Å². The van der Waals surface area contributed by atoms with Gasteiger partial charge in [-0.15, -0.1) is 0 Å². The summed E-state index contributed by atoms with van der Waals surface area (Å²) in [5.41, 5.74) is 1.37. The van der Waals surface area contributed by atoms with Crippen LogP contribution in [0.3, 0.4) is 0 Å². The summed E-state index contributed by atoms with van der Waals surface area (Å²) in [5.74, 6) is 0.0786. The van der Waals surface area contributed by atoms with Gasteiger partial charge in [0.1, 0.15) is 6.54 Å². The minimum Gasteiger partial charge on any atom is -0.325 e. The van der Waals surface area contributed by atoms with Crippen molar-refractivity contribution >= 4 is 22.8 Å². The van der Waals surface area contributed by atoms with Gasteiger partial charge in [-0.05, 0) is 23.6 Å². The number of nitrogens with one attached hydrogen (secondary N) is 1. The van der Waals surface area contributed by atoms with Gasteiger partial charge in [0.15, 0.2) is 11.2 Å². The molecule has 0 unspecified atom stereocenters. The number of hydrogen-bond donors (Lipinski definition) is 1. The molecule has 3 aromatic rings. The van der Waals surface area contributed by atoms with E-state index in [1.165, 1.54) is 22.5 Å². The molecule has 0 bridgehead atoms. The van der Waals surface area contributed by atoms with Crippen LogP contribution in [0.2, 0.25) is 0 Å². The highest BCUT2D eigenvalue weighted by Crippen LogP contribution is 2.18. The number of anilines is 1. The van der Waals surface area contributed by atoms with Crippen LogP contribution in [0, 0.1) is 0 Å². The lowest BCUT2D eigenvalue weighted by Crippen LogP contribution is -2.37. The summed E-state index contributed by atoms with van der Waals surface area (Å²) in [5, 5.41) is 2.84. The lowest BCUT2D eigenvalue weighted by atomic mass is 10.0. The van der Waals surface area contributed by atoms with E-state index in [1.807, 2.05) is 24.3 Å². The molecular formula is C18H21N5O3. The first-order valence-electron chi connectivity index (χ1n) is 8.30. The summed E-state index contributed by atoms with van der Waals surface area (Å²) >= 11 is 0. The number of carbonyl (C=O) groups is 1. The molecule has 8 heteroatoms. The SMILES string of the molecule is CC(C)c1cccc(NC(=O)Cn2cnc3c2c(=O)n(C)c(=O)n3C)c1. The molecule has 0 aliphatic rings. The molecule has 136 valence electrons. The van der Waals surface area contributed by atoms with Crippen molar-refractivity contribution in [3.63, 3.8) is 0 Å². The fourth-order valence-corrected chi connectivity index (χ4v) is 2.85. The molecular weight excluding hydrogens is 334 g/mol. The zero-order valence-electron chi connectivity index (χ0n) is 15.2. The van der Waals surface area contributed by atoms with E-state index in [0.29, 0.717) is 11.6 Å². The molecule has 2 aromatic heterocycles. The number of aryl methyl sites for hydroxylation is 1. The van der Waals surface area contributed by atoms with E-state index in [1.54, 1.807) is 7.05 Å². The molecule has 8 nitrogen and oxygen atoms in total. The summed E-state index contributed by atoms with van der Waals surface area (Å²) in [6, 6.07) is 7.65. The van der Waals surface area contributed by atoms with Crippen LogP contribution in [0.25, 0.3) is 11.2 Å². The van der Waals surface area contributed by atoms with Gasteiger partial charge in [-0.25, -0.2) is 9.78 Å². The maximum absolute atomic E-state index is 12.4. The number of imidazole rings is 1. The number of benzene rings is 1. The number of amides is 1. The minimum atomic E-state index is -0.477. The first-order chi connectivity index (χ1) is 12.3. The van der Waals surface area contributed by atoms with Crippen molar-refractivity contribution in [1.82, 2.24) is 18.7 Å². The molecule has 2 heterocycles. The average molecular weight is 355 g/mol. The molecule has 1 amide bonds. The van der Waals surface area contributed by atoms with Gasteiger partial charge in [0, 0.05) is 19.8 Å². The minimum absolute atomic E-state index is 0.0736. The van der Waals surface area contributed by atoms with Crippen LogP contribution in [0.4, 0.5) is 5.69 Å². The van der Waals surface area contributed by atoms with E-state index >= 15 is 0 Å². The summed E-state index contributed by atoms with van der Waals surface area (Å²) in [7, 11) is 2.94. The number of fused-ring (bicyclic) bond motifs is 1. The third-order valence-corrected chi connectivity index (χ3v) is 4.37. The van der Waals surface area contributed by atoms with Crippen molar-refractivity contribution in [2.45, 2.75) is 26.3 Å². The summed E-state index contributed by atoms with van der Waals surface area (Å²) in [4.78, 5) is 40.9. The Bertz CT molecular complexity index is 1100. The van der Waals surface area contributed by atoms with Gasteiger partial charge in [0.25, 0.3) is 5.56 Å². The van der Waals surface area contributed by atoms with Gasteiger partial charge in [-0.1, -0.05) is 26.0 Å². The van der Waals surface area contributed by atoms with Crippen molar-refractivity contribution in [1.29, 1.82) is 0 Å². The molecule has 1 aromatic carbocycles. The molecule has 0 atom stereocenters. The Morgan fingerprint density at radius 2 is 1.92 bits per heavy atom. The number of aromatic nitrogens is 4. The van der Waals surface area contributed by atoms with Crippen LogP contribution in [-0.2, 0) is 25.4 Å². The molecule has 26 heavy (non-hydrogen) atoms. The topological polar surface area (TPSA) is 90.9 Å². The van der Waals surface area contributed by atoms with Crippen molar-refractivity contribution < 1.29 is 4.79 Å². The normalized spacial score (nSPS) is 11.3. The van der Waals surface area contributed by atoms with Crippen LogP contribution in [0.1, 0.15) is 25.3 Å². The molecule has 0 aliphatic heterocycles. The zero-order valence-corrected chi connectivity index (χ0v) is 15.2. The van der Waals surface area contributed by atoms with E-state index in [4.69, 9.17) is 0 Å². The van der Waals surface area contributed by atoms with Crippen LogP contribution in [-0.4, -0.2) is 24.6 Å². The Hall–Kier alpha value is -3.16. The largest absolute Gasteiger partial charge is 0.332 e. The number of rotatable bonds is 4. The Kier molecular flexibility index (Phi) is 4.50. The molecule has 1 N–H and O–H groups in total. The average Bonchev–Trinajstić information content (AvgIpc) is 3.01. The van der Waals surface area contributed by atoms with Crippen LogP contribution < -0.4 is 16.6 Å². The number of carbonyl (C=O) groups excluding carboxylic acids is 1. The van der Waals surface area contributed by atoms with E-state index in [0.717, 1.165) is 10.1 Å². The van der Waals surface area contributed by atoms with Crippen molar-refractivity contribution in [3.8, 4) is 0 Å². The van der Waals surface area contributed by atoms with Crippen LogP contribution in [0.5, 0.6) is 0 Å². The van der Waals surface area contributed by atoms with E-state index < -0.39 is 11.2 Å². The molecule has 0 radical (unpaired) electrons. The lowest BCUT2D eigenvalue weighted by molar-refractivity contribution is -0.116. The second-order valence-corrected chi connectivity index (χ2v) is 6.58. The zero-order chi connectivity index (χ0) is 19.0. The van der Waals surface area contributed by atoms with Crippen molar-refractivity contribution in [3.05, 3.63) is 57.0 Å². The lowest BCUT2D eigenvalue weighted by Gasteiger charge is -2.10. The highest BCUT2D eigenvalue weighted by Gasteiger charge is 2.16. The van der Waals surface area contributed by atoms with Crippen LogP contribution in [0.15, 0.2) is 40.2 Å². The monoisotopic (exact) mass is 355 g/mol. The third-order valence-electron chi connectivity index (χ3n) is 4.37. The molecule has 0 spiro atoms. The number of nitrogens with zero attached hydrogens (tertiary/aromatic N) is 4. The van der Waals surface area contributed by atoms with Gasteiger partial charge in [-0.2, -0.15) is 0 Å². The second kappa shape index (κ2) is 6.62. The Balaban J connectivity index is 1.90. The van der Waals surface area contributed by atoms with Gasteiger partial charge >= 0.3 is 5.69 Å². The van der Waals surface area contributed by atoms with Gasteiger partial charge in [0.2, 0.25) is 5.91 Å². The maximum Gasteiger partial charge on any atom is 0.332 e. The molecule has 0 aliphatic carbocycles. The standard InChI is InChI=1S/C18H21N5O3/c1-11(2)12-6-5-7-13(8-12)20-14(24)9-23-10-19-16-15(23)17(25)22(4)18(26)21(16)3/h5-8,10-11H,9H2,1-4H3,(H,20,24). The highest BCUT2D eigenvalue weighted by atomic mass is 16.2. The smallest absolute Gasteiger partial charge is 0.325 e. The maximum atomic E-state index is 12.4. The predicted octanol–water partition coefficient (Wildman–Crippen LogP) is 1.20. The third kappa shape index (κ3) is 3.05. The van der Waals surface area contributed by atoms with Gasteiger partial charge in [-0.3, -0.25) is 18.7 Å². The van der Waals surface area contributed by atoms with Gasteiger partial charge < -0.3 is 9.88 Å². The summed E-state index contributed by atoms with van der Waals surface area (Å²) in [6.07, 6.45) is 1.40. The number of hydrogen-bond acceptors (Lipinski definition) is 4. The first kappa shape index (κ1) is 17.7. The van der Waals surface area contributed by atoms with Gasteiger partial charge in [0.05, 0.1) is 6.33 Å². The van der Waals surface area contributed by atoms with Crippen molar-refractivity contribution in [2.75, 3.05) is 5.32 Å². The quantitative estimate of drug-likeness (QED) is 0.761. The Labute approximate surface area is 149 Å². The van der Waals surface area contributed by atoms with Crippen LogP contribution >= 0.6 is 0 Å². The fraction of sp³-hybridized carbons (Fsp3) is 0.333. The Morgan fingerprint density at radius 1 is 1.19 bits per heavy atom. The van der Waals surface area contributed by atoms with Crippen molar-refractivity contribution in [2.24, 2.45) is 14.1 Å². The summed E-state index contributed by atoms with van der Waals surface area (Å²) < 4.78 is 3.75. The van der Waals surface area contributed by atoms with E-state index in [9.17, 15) is 14.4 Å². The summed E-state index contributed by atoms with van der Waals surface area (Å²) in [6.45, 7) is 4.09.